The molecule has 0 saturated carbocycles. The first-order chi connectivity index (χ1) is 11.0. The smallest absolute Gasteiger partial charge is 0.331 e. The standard InChI is InChI=1S/C17H14N2O4/c1-19-16(21)13(15(20)18-17(19)22)9-12-11-6-4-3-5-10(11)7-8-14(12)23-2/h3-9H,1-2H3,(H,18,20,22)/b13-9-. The van der Waals surface area contributed by atoms with Gasteiger partial charge in [0.05, 0.1) is 7.11 Å². The summed E-state index contributed by atoms with van der Waals surface area (Å²) >= 11 is 0. The van der Waals surface area contributed by atoms with Crippen molar-refractivity contribution in [1.29, 1.82) is 0 Å². The summed E-state index contributed by atoms with van der Waals surface area (Å²) < 4.78 is 5.35. The van der Waals surface area contributed by atoms with E-state index in [-0.39, 0.29) is 5.57 Å². The minimum Gasteiger partial charge on any atom is -0.496 e. The SMILES string of the molecule is COc1ccc2ccccc2c1/C=C1/C(=O)NC(=O)N(C)C1=O. The van der Waals surface area contributed by atoms with Gasteiger partial charge in [-0.2, -0.15) is 0 Å². The third kappa shape index (κ3) is 2.44. The van der Waals surface area contributed by atoms with Crippen LogP contribution >= 0.6 is 0 Å². The number of fused-ring (bicyclic) bond motifs is 1. The van der Waals surface area contributed by atoms with Gasteiger partial charge in [0.2, 0.25) is 0 Å². The van der Waals surface area contributed by atoms with Crippen LogP contribution in [0.1, 0.15) is 5.56 Å². The minimum absolute atomic E-state index is 0.109. The molecule has 0 radical (unpaired) electrons. The Morgan fingerprint density at radius 1 is 1.09 bits per heavy atom. The molecule has 1 aliphatic heterocycles. The van der Waals surface area contributed by atoms with Gasteiger partial charge in [-0.25, -0.2) is 4.79 Å². The second kappa shape index (κ2) is 5.57. The molecule has 23 heavy (non-hydrogen) atoms. The second-order valence-corrected chi connectivity index (χ2v) is 5.08. The average Bonchev–Trinajstić information content (AvgIpc) is 2.56. The van der Waals surface area contributed by atoms with E-state index in [0.717, 1.165) is 15.7 Å². The maximum Gasteiger partial charge on any atom is 0.331 e. The average molecular weight is 310 g/mol. The minimum atomic E-state index is -0.734. The lowest BCUT2D eigenvalue weighted by atomic mass is 10.00. The predicted octanol–water partition coefficient (Wildman–Crippen LogP) is 1.94. The first kappa shape index (κ1) is 14.8. The van der Waals surface area contributed by atoms with E-state index < -0.39 is 17.8 Å². The lowest BCUT2D eigenvalue weighted by Crippen LogP contribution is -2.52. The highest BCUT2D eigenvalue weighted by Crippen LogP contribution is 2.30. The summed E-state index contributed by atoms with van der Waals surface area (Å²) in [6, 6.07) is 10.5. The predicted molar refractivity (Wildman–Crippen MR) is 84.8 cm³/mol. The number of methoxy groups -OCH3 is 1. The van der Waals surface area contributed by atoms with Gasteiger partial charge in [0.15, 0.2) is 0 Å². The Labute approximate surface area is 132 Å². The lowest BCUT2D eigenvalue weighted by Gasteiger charge is -2.22. The zero-order valence-corrected chi connectivity index (χ0v) is 12.6. The zero-order chi connectivity index (χ0) is 16.6. The fourth-order valence-corrected chi connectivity index (χ4v) is 2.49. The molecule has 0 aliphatic carbocycles. The summed E-state index contributed by atoms with van der Waals surface area (Å²) in [5, 5.41) is 3.93. The number of nitrogens with zero attached hydrogens (tertiary/aromatic N) is 1. The van der Waals surface area contributed by atoms with E-state index >= 15 is 0 Å². The van der Waals surface area contributed by atoms with Crippen molar-refractivity contribution in [3.05, 3.63) is 47.5 Å². The van der Waals surface area contributed by atoms with Gasteiger partial charge in [0.1, 0.15) is 11.3 Å². The van der Waals surface area contributed by atoms with Crippen molar-refractivity contribution in [3.8, 4) is 5.75 Å². The molecule has 4 amide bonds. The van der Waals surface area contributed by atoms with Gasteiger partial charge >= 0.3 is 6.03 Å². The summed E-state index contributed by atoms with van der Waals surface area (Å²) in [7, 11) is 2.84. The molecule has 1 fully saturated rings. The Balaban J connectivity index is 2.22. The lowest BCUT2D eigenvalue weighted by molar-refractivity contribution is -0.129. The molecule has 0 bridgehead atoms. The summed E-state index contributed by atoms with van der Waals surface area (Å²) in [5.41, 5.74) is 0.508. The van der Waals surface area contributed by atoms with Crippen molar-refractivity contribution >= 4 is 34.7 Å². The van der Waals surface area contributed by atoms with Crippen LogP contribution in [-0.4, -0.2) is 36.9 Å². The molecule has 0 aromatic heterocycles. The van der Waals surface area contributed by atoms with Crippen LogP contribution in [-0.2, 0) is 9.59 Å². The fraction of sp³-hybridized carbons (Fsp3) is 0.118. The zero-order valence-electron chi connectivity index (χ0n) is 12.6. The molecule has 6 nitrogen and oxygen atoms in total. The molecule has 1 aliphatic rings. The van der Waals surface area contributed by atoms with Gasteiger partial charge in [-0.1, -0.05) is 30.3 Å². The second-order valence-electron chi connectivity index (χ2n) is 5.08. The van der Waals surface area contributed by atoms with Crippen LogP contribution in [0.5, 0.6) is 5.75 Å². The Morgan fingerprint density at radius 2 is 1.83 bits per heavy atom. The highest BCUT2D eigenvalue weighted by atomic mass is 16.5. The normalized spacial score (nSPS) is 16.9. The number of barbiturate groups is 1. The molecule has 116 valence electrons. The fourth-order valence-electron chi connectivity index (χ4n) is 2.49. The first-order valence-electron chi connectivity index (χ1n) is 6.93. The molecule has 0 atom stereocenters. The van der Waals surface area contributed by atoms with E-state index in [1.807, 2.05) is 30.3 Å². The highest BCUT2D eigenvalue weighted by molar-refractivity contribution is 6.31. The monoisotopic (exact) mass is 310 g/mol. The number of amides is 4. The molecular weight excluding hydrogens is 296 g/mol. The molecule has 2 aromatic rings. The number of hydrogen-bond donors (Lipinski definition) is 1. The van der Waals surface area contributed by atoms with Crippen LogP contribution < -0.4 is 10.1 Å². The molecule has 1 saturated heterocycles. The maximum atomic E-state index is 12.2. The van der Waals surface area contributed by atoms with Crippen LogP contribution in [0.4, 0.5) is 4.79 Å². The number of nitrogens with one attached hydrogen (secondary N) is 1. The number of imide groups is 2. The van der Waals surface area contributed by atoms with Gasteiger partial charge in [-0.15, -0.1) is 0 Å². The Kier molecular flexibility index (Phi) is 3.57. The Morgan fingerprint density at radius 3 is 2.57 bits per heavy atom. The quantitative estimate of drug-likeness (QED) is 0.679. The van der Waals surface area contributed by atoms with Gasteiger partial charge in [0, 0.05) is 12.6 Å². The molecule has 3 rings (SSSR count). The van der Waals surface area contributed by atoms with E-state index in [9.17, 15) is 14.4 Å². The molecular formula is C17H14N2O4. The number of carbonyl (C=O) groups is 3. The molecule has 1 N–H and O–H groups in total. The van der Waals surface area contributed by atoms with Gasteiger partial charge in [-0.05, 0) is 22.9 Å². The van der Waals surface area contributed by atoms with Crippen molar-refractivity contribution < 1.29 is 19.1 Å². The third-order valence-corrected chi connectivity index (χ3v) is 3.74. The Bertz CT molecular complexity index is 870. The van der Waals surface area contributed by atoms with Gasteiger partial charge < -0.3 is 4.74 Å². The molecule has 6 heteroatoms. The number of carbonyl (C=O) groups excluding carboxylic acids is 3. The van der Waals surface area contributed by atoms with Gasteiger partial charge in [0.25, 0.3) is 11.8 Å². The summed E-state index contributed by atoms with van der Waals surface area (Å²) in [5.74, 6) is -0.821. The number of hydrogen-bond acceptors (Lipinski definition) is 4. The number of benzene rings is 2. The van der Waals surface area contributed by atoms with Crippen molar-refractivity contribution in [1.82, 2.24) is 10.2 Å². The van der Waals surface area contributed by atoms with Crippen molar-refractivity contribution in [2.75, 3.05) is 14.2 Å². The number of ether oxygens (including phenoxy) is 1. The van der Waals surface area contributed by atoms with Crippen LogP contribution in [0.3, 0.4) is 0 Å². The third-order valence-electron chi connectivity index (χ3n) is 3.74. The summed E-state index contributed by atoms with van der Waals surface area (Å²) in [6.07, 6.45) is 1.46. The molecule has 2 aromatic carbocycles. The van der Waals surface area contributed by atoms with Crippen LogP contribution in [0, 0.1) is 0 Å². The molecule has 0 unspecified atom stereocenters. The molecule has 1 heterocycles. The van der Waals surface area contributed by atoms with Crippen LogP contribution in [0.2, 0.25) is 0 Å². The molecule has 0 spiro atoms. The van der Waals surface area contributed by atoms with E-state index in [1.54, 1.807) is 6.07 Å². The van der Waals surface area contributed by atoms with Crippen molar-refractivity contribution in [3.63, 3.8) is 0 Å². The largest absolute Gasteiger partial charge is 0.496 e. The Hall–Kier alpha value is -3.15. The number of urea groups is 1. The van der Waals surface area contributed by atoms with Crippen LogP contribution in [0.15, 0.2) is 42.0 Å². The van der Waals surface area contributed by atoms with Crippen molar-refractivity contribution in [2.45, 2.75) is 0 Å². The topological polar surface area (TPSA) is 75.7 Å². The van der Waals surface area contributed by atoms with E-state index in [4.69, 9.17) is 4.74 Å². The van der Waals surface area contributed by atoms with E-state index in [1.165, 1.54) is 20.2 Å². The highest BCUT2D eigenvalue weighted by Gasteiger charge is 2.33. The number of likely N-dealkylation sites (N-methyl/N-ethyl adjacent to an activating group) is 1. The summed E-state index contributed by atoms with van der Waals surface area (Å²) in [6.45, 7) is 0. The number of rotatable bonds is 2. The maximum absolute atomic E-state index is 12.2. The van der Waals surface area contributed by atoms with E-state index in [2.05, 4.69) is 5.32 Å². The van der Waals surface area contributed by atoms with Gasteiger partial charge in [-0.3, -0.25) is 19.8 Å². The van der Waals surface area contributed by atoms with E-state index in [0.29, 0.717) is 11.3 Å². The van der Waals surface area contributed by atoms with Crippen molar-refractivity contribution in [2.24, 2.45) is 0 Å². The summed E-state index contributed by atoms with van der Waals surface area (Å²) in [4.78, 5) is 36.6. The first-order valence-corrected chi connectivity index (χ1v) is 6.93. The van der Waals surface area contributed by atoms with Crippen LogP contribution in [0.25, 0.3) is 16.8 Å².